The molecule has 61 heavy (non-hydrogen) atoms. The number of aliphatic hydroxyl groups is 2. The second kappa shape index (κ2) is 47.6. The lowest BCUT2D eigenvalue weighted by Crippen LogP contribution is -2.46. The molecule has 3 unspecified atom stereocenters. The molecule has 0 spiro atoms. The number of allylic oxidation sites excluding steroid dienone is 18. The Bertz CT molecular complexity index is 1270. The standard InChI is InChI=1S/C55H91NO5/c1-4-7-10-13-16-19-22-24-26-27-28-30-33-36-39-42-45-48-55(60)61-51(46-43-40-37-34-31-21-18-15-12-9-6-3)49-54(59)56-52(50-57)53(58)47-44-41-38-35-32-29-25-23-20-17-14-11-8-5-2/h7,9-10,12,15-16,18-19,21,24,26,28,30-31,34,36-37,39,51-53,57-58H,4-6,8,11,13-14,17,20,22-23,25,27,29,32-33,35,38,40-50H2,1-3H3,(H,56,59)/b10-7-,12-9+,18-15+,19-16-,26-24-,30-28-,31-21-,37-34-,39-36-. The molecule has 0 bridgehead atoms. The first-order chi connectivity index (χ1) is 30.0. The SMILES string of the molecule is CC/C=C\C/C=C\C/C=C\C/C=C\C/C=C\CCCC(=O)OC(CCC\C=C/C=C\C=C\C=C\CC)CC(=O)NC(CO)C(O)CCCCCCCCCCCCCCCC. The molecule has 0 heterocycles. The van der Waals surface area contributed by atoms with E-state index >= 15 is 0 Å². The average Bonchev–Trinajstić information content (AvgIpc) is 3.25. The molecule has 0 rings (SSSR count). The van der Waals surface area contributed by atoms with Crippen LogP contribution in [-0.2, 0) is 14.3 Å². The molecule has 0 aliphatic carbocycles. The van der Waals surface area contributed by atoms with Crippen molar-refractivity contribution < 1.29 is 24.5 Å². The molecule has 1 amide bonds. The topological polar surface area (TPSA) is 95.9 Å². The van der Waals surface area contributed by atoms with Crippen LogP contribution in [0.5, 0.6) is 0 Å². The number of carbonyl (C=O) groups is 2. The van der Waals surface area contributed by atoms with Gasteiger partial charge in [-0.3, -0.25) is 9.59 Å². The molecule has 3 N–H and O–H groups in total. The molecule has 6 heteroatoms. The van der Waals surface area contributed by atoms with E-state index in [2.05, 4.69) is 99.0 Å². The van der Waals surface area contributed by atoms with Crippen LogP contribution in [0.2, 0.25) is 0 Å². The Morgan fingerprint density at radius 1 is 0.508 bits per heavy atom. The number of nitrogens with one attached hydrogen (secondary N) is 1. The van der Waals surface area contributed by atoms with Gasteiger partial charge < -0.3 is 20.3 Å². The molecule has 0 aromatic heterocycles. The Labute approximate surface area is 375 Å². The van der Waals surface area contributed by atoms with Crippen molar-refractivity contribution in [3.05, 3.63) is 109 Å². The molecule has 6 nitrogen and oxygen atoms in total. The van der Waals surface area contributed by atoms with Gasteiger partial charge in [-0.2, -0.15) is 0 Å². The van der Waals surface area contributed by atoms with Gasteiger partial charge in [-0.15, -0.1) is 0 Å². The van der Waals surface area contributed by atoms with Crippen LogP contribution in [-0.4, -0.2) is 46.9 Å². The van der Waals surface area contributed by atoms with Crippen molar-refractivity contribution in [2.75, 3.05) is 6.61 Å². The Hall–Kier alpha value is -3.48. The highest BCUT2D eigenvalue weighted by Crippen LogP contribution is 2.16. The van der Waals surface area contributed by atoms with Gasteiger partial charge in [-0.05, 0) is 77.0 Å². The van der Waals surface area contributed by atoms with E-state index in [0.717, 1.165) is 77.0 Å². The quantitative estimate of drug-likeness (QED) is 0.0246. The molecule has 0 fully saturated rings. The van der Waals surface area contributed by atoms with Gasteiger partial charge in [0.15, 0.2) is 0 Å². The van der Waals surface area contributed by atoms with Crippen molar-refractivity contribution in [3.8, 4) is 0 Å². The lowest BCUT2D eigenvalue weighted by atomic mass is 10.0. The molecule has 0 saturated carbocycles. The highest BCUT2D eigenvalue weighted by Gasteiger charge is 2.23. The third-order valence-corrected chi connectivity index (χ3v) is 10.4. The average molecular weight is 846 g/mol. The van der Waals surface area contributed by atoms with E-state index in [-0.39, 0.29) is 31.3 Å². The van der Waals surface area contributed by atoms with Gasteiger partial charge in [0.25, 0.3) is 0 Å². The summed E-state index contributed by atoms with van der Waals surface area (Å²) >= 11 is 0. The predicted octanol–water partition coefficient (Wildman–Crippen LogP) is 14.7. The number of rotatable bonds is 42. The number of ether oxygens (including phenoxy) is 1. The van der Waals surface area contributed by atoms with Gasteiger partial charge in [0.2, 0.25) is 5.91 Å². The van der Waals surface area contributed by atoms with E-state index in [9.17, 15) is 19.8 Å². The minimum atomic E-state index is -0.820. The summed E-state index contributed by atoms with van der Waals surface area (Å²) in [5, 5.41) is 23.7. The number of hydrogen-bond donors (Lipinski definition) is 3. The van der Waals surface area contributed by atoms with E-state index in [1.165, 1.54) is 70.6 Å². The minimum absolute atomic E-state index is 0.00226. The van der Waals surface area contributed by atoms with Crippen molar-refractivity contribution in [2.24, 2.45) is 0 Å². The predicted molar refractivity (Wildman–Crippen MR) is 263 cm³/mol. The lowest BCUT2D eigenvalue weighted by molar-refractivity contribution is -0.151. The molecular formula is C55H91NO5. The number of hydrogen-bond acceptors (Lipinski definition) is 5. The van der Waals surface area contributed by atoms with Gasteiger partial charge in [-0.1, -0.05) is 220 Å². The fourth-order valence-corrected chi connectivity index (χ4v) is 6.77. The van der Waals surface area contributed by atoms with Crippen LogP contribution in [0.4, 0.5) is 0 Å². The Morgan fingerprint density at radius 3 is 1.49 bits per heavy atom. The van der Waals surface area contributed by atoms with Crippen LogP contribution in [0.3, 0.4) is 0 Å². The number of amides is 1. The van der Waals surface area contributed by atoms with Gasteiger partial charge in [0, 0.05) is 6.42 Å². The van der Waals surface area contributed by atoms with Crippen LogP contribution in [0.1, 0.15) is 201 Å². The zero-order chi connectivity index (χ0) is 44.5. The Balaban J connectivity index is 4.72. The Kier molecular flexibility index (Phi) is 44.9. The van der Waals surface area contributed by atoms with E-state index in [1.54, 1.807) is 0 Å². The van der Waals surface area contributed by atoms with Gasteiger partial charge in [-0.25, -0.2) is 0 Å². The second-order valence-corrected chi connectivity index (χ2v) is 16.2. The number of unbranched alkanes of at least 4 members (excludes halogenated alkanes) is 15. The lowest BCUT2D eigenvalue weighted by Gasteiger charge is -2.24. The van der Waals surface area contributed by atoms with Crippen LogP contribution in [0.15, 0.2) is 109 Å². The summed E-state index contributed by atoms with van der Waals surface area (Å²) in [5.41, 5.74) is 0. The summed E-state index contributed by atoms with van der Waals surface area (Å²) < 4.78 is 5.85. The van der Waals surface area contributed by atoms with E-state index < -0.39 is 18.2 Å². The van der Waals surface area contributed by atoms with Crippen LogP contribution < -0.4 is 5.32 Å². The van der Waals surface area contributed by atoms with E-state index in [1.807, 2.05) is 36.5 Å². The zero-order valence-corrected chi connectivity index (χ0v) is 39.2. The van der Waals surface area contributed by atoms with Crippen LogP contribution in [0.25, 0.3) is 0 Å². The van der Waals surface area contributed by atoms with Gasteiger partial charge in [0.1, 0.15) is 6.10 Å². The number of esters is 1. The van der Waals surface area contributed by atoms with E-state index in [4.69, 9.17) is 4.74 Å². The van der Waals surface area contributed by atoms with Crippen molar-refractivity contribution >= 4 is 11.9 Å². The minimum Gasteiger partial charge on any atom is -0.462 e. The summed E-state index contributed by atoms with van der Waals surface area (Å²) in [4.78, 5) is 26.0. The highest BCUT2D eigenvalue weighted by atomic mass is 16.5. The molecule has 3 atom stereocenters. The summed E-state index contributed by atoms with van der Waals surface area (Å²) in [6.07, 6.45) is 64.5. The van der Waals surface area contributed by atoms with Crippen LogP contribution in [0, 0.1) is 0 Å². The van der Waals surface area contributed by atoms with Crippen molar-refractivity contribution in [1.29, 1.82) is 0 Å². The molecule has 0 radical (unpaired) electrons. The maximum absolute atomic E-state index is 13.2. The summed E-state index contributed by atoms with van der Waals surface area (Å²) in [7, 11) is 0. The fraction of sp³-hybridized carbons (Fsp3) is 0.636. The monoisotopic (exact) mass is 846 g/mol. The second-order valence-electron chi connectivity index (χ2n) is 16.2. The van der Waals surface area contributed by atoms with Crippen LogP contribution >= 0.6 is 0 Å². The summed E-state index contributed by atoms with van der Waals surface area (Å²) in [6.45, 7) is 6.18. The normalized spacial score (nSPS) is 14.2. The largest absolute Gasteiger partial charge is 0.462 e. The molecule has 0 aromatic carbocycles. The van der Waals surface area contributed by atoms with Gasteiger partial charge in [0.05, 0.1) is 25.2 Å². The number of aliphatic hydroxyl groups excluding tert-OH is 2. The number of carbonyl (C=O) groups excluding carboxylic acids is 2. The summed E-state index contributed by atoms with van der Waals surface area (Å²) in [6, 6.07) is -0.740. The Morgan fingerprint density at radius 2 is 0.967 bits per heavy atom. The highest BCUT2D eigenvalue weighted by molar-refractivity contribution is 5.77. The molecular weight excluding hydrogens is 755 g/mol. The summed E-state index contributed by atoms with van der Waals surface area (Å²) in [5.74, 6) is -0.623. The third-order valence-electron chi connectivity index (χ3n) is 10.4. The van der Waals surface area contributed by atoms with Crippen molar-refractivity contribution in [1.82, 2.24) is 5.32 Å². The molecule has 0 aromatic rings. The molecule has 0 saturated heterocycles. The molecule has 0 aliphatic rings. The van der Waals surface area contributed by atoms with Crippen molar-refractivity contribution in [3.63, 3.8) is 0 Å². The first-order valence-electron chi connectivity index (χ1n) is 24.7. The fourth-order valence-electron chi connectivity index (χ4n) is 6.77. The molecule has 0 aliphatic heterocycles. The smallest absolute Gasteiger partial charge is 0.306 e. The maximum Gasteiger partial charge on any atom is 0.306 e. The first-order valence-corrected chi connectivity index (χ1v) is 24.7. The molecule has 346 valence electrons. The zero-order valence-electron chi connectivity index (χ0n) is 39.2. The third kappa shape index (κ3) is 43.0. The van der Waals surface area contributed by atoms with Crippen molar-refractivity contribution in [2.45, 2.75) is 219 Å². The first kappa shape index (κ1) is 57.5. The van der Waals surface area contributed by atoms with E-state index in [0.29, 0.717) is 19.3 Å². The van der Waals surface area contributed by atoms with Gasteiger partial charge >= 0.3 is 5.97 Å². The maximum atomic E-state index is 13.2.